The first-order chi connectivity index (χ1) is 29.0. The molecule has 2 aliphatic carbocycles. The van der Waals surface area contributed by atoms with Gasteiger partial charge in [-0.2, -0.15) is 25.3 Å². The van der Waals surface area contributed by atoms with Crippen molar-refractivity contribution in [2.45, 2.75) is 26.0 Å². The molecule has 0 atom stereocenters. The van der Waals surface area contributed by atoms with Gasteiger partial charge in [-0.05, 0) is 48.4 Å². The molecule has 1 aromatic heterocycles. The number of pyridine rings is 1. The van der Waals surface area contributed by atoms with E-state index in [0.29, 0.717) is 12.1 Å². The topological polar surface area (TPSA) is 310 Å². The number of carbonyl (C=O) groups is 4. The third-order valence-electron chi connectivity index (χ3n) is 10.4. The molecule has 0 fully saturated rings. The Morgan fingerprint density at radius 3 is 1.79 bits per heavy atom. The molecule has 0 saturated carbocycles. The number of anilines is 2. The van der Waals surface area contributed by atoms with Gasteiger partial charge < -0.3 is 10.3 Å². The summed E-state index contributed by atoms with van der Waals surface area (Å²) >= 11 is 0. The van der Waals surface area contributed by atoms with E-state index >= 15 is 0 Å². The van der Waals surface area contributed by atoms with E-state index < -0.39 is 151 Å². The van der Waals surface area contributed by atoms with Gasteiger partial charge in [0.15, 0.2) is 33.0 Å². The molecular formula is C40H26N2O16S4. The summed E-state index contributed by atoms with van der Waals surface area (Å²) in [7, 11) is -20.0. The van der Waals surface area contributed by atoms with Gasteiger partial charge in [-0.3, -0.25) is 37.6 Å². The van der Waals surface area contributed by atoms with Gasteiger partial charge in [0.25, 0.3) is 35.9 Å². The van der Waals surface area contributed by atoms with Crippen LogP contribution in [0.15, 0.2) is 121 Å². The van der Waals surface area contributed by atoms with Crippen LogP contribution in [0.3, 0.4) is 0 Å². The molecule has 62 heavy (non-hydrogen) atoms. The minimum absolute atomic E-state index is 0.108. The van der Waals surface area contributed by atoms with Crippen LogP contribution in [0.2, 0.25) is 0 Å². The molecule has 0 spiro atoms. The van der Waals surface area contributed by atoms with Gasteiger partial charge >= 0.3 is 0 Å². The lowest BCUT2D eigenvalue weighted by atomic mass is 9.80. The molecule has 5 aromatic carbocycles. The molecule has 5 N–H and O–H groups in total. The fourth-order valence-corrected chi connectivity index (χ4v) is 10.9. The molecule has 0 amide bonds. The number of nitrogens with one attached hydrogen (secondary N) is 2. The van der Waals surface area contributed by atoms with Crippen molar-refractivity contribution in [2.24, 2.45) is 5.92 Å². The molecule has 1 heterocycles. The summed E-state index contributed by atoms with van der Waals surface area (Å²) in [4.78, 5) is 67.3. The Labute approximate surface area is 350 Å². The van der Waals surface area contributed by atoms with Crippen LogP contribution in [0.25, 0.3) is 22.0 Å². The first-order valence-corrected chi connectivity index (χ1v) is 23.8. The number of aromatic amines is 1. The summed E-state index contributed by atoms with van der Waals surface area (Å²) in [6.07, 6.45) is -0.472. The second-order valence-electron chi connectivity index (χ2n) is 14.1. The number of aromatic nitrogens is 1. The van der Waals surface area contributed by atoms with Crippen molar-refractivity contribution in [1.82, 2.24) is 4.98 Å². The molecule has 8 rings (SSSR count). The van der Waals surface area contributed by atoms with Crippen molar-refractivity contribution in [3.8, 4) is 11.1 Å². The zero-order valence-electron chi connectivity index (χ0n) is 31.0. The molecule has 0 saturated heterocycles. The first kappa shape index (κ1) is 42.2. The van der Waals surface area contributed by atoms with E-state index in [-0.39, 0.29) is 22.3 Å². The van der Waals surface area contributed by atoms with Crippen LogP contribution >= 0.6 is 0 Å². The number of fused-ring (bicyclic) bond motifs is 3. The summed E-state index contributed by atoms with van der Waals surface area (Å²) in [5, 5.41) is 2.00. The Hall–Kier alpha value is -6.53. The Kier molecular flexibility index (Phi) is 9.89. The fourth-order valence-electron chi connectivity index (χ4n) is 7.68. The highest BCUT2D eigenvalue weighted by atomic mass is 32.2. The van der Waals surface area contributed by atoms with Crippen LogP contribution in [-0.4, -0.2) is 81.2 Å². The number of rotatable bonds is 11. The standard InChI is InChI=1S/C40H26N2O16S4/c43-36(19-6-5-7-21(16-19)60(50,51)52)34-31-22-8-1-2-9-23(22)39(46)32-28(18-30(62(56,57)58)35(33(31)32)42-40(34)47)41-27-17-20(12-13-29(27)61(53,54)55)59(48,49)15-14-26-37(44)24-10-3-4-11-25(24)38(26)45/h1-13,16-18,26,41H,14-15H2,(H,42,47)(H,50,51,52)(H,53,54,55)(H,56,57,58). The van der Waals surface area contributed by atoms with Crippen LogP contribution in [-0.2, 0) is 40.2 Å². The van der Waals surface area contributed by atoms with Crippen molar-refractivity contribution in [1.29, 1.82) is 0 Å². The molecule has 18 nitrogen and oxygen atoms in total. The van der Waals surface area contributed by atoms with Gasteiger partial charge in [-0.25, -0.2) is 8.42 Å². The number of hydrogen-bond acceptors (Lipinski definition) is 14. The summed E-state index contributed by atoms with van der Waals surface area (Å²) in [5.74, 6) is -5.42. The van der Waals surface area contributed by atoms with Crippen LogP contribution in [0, 0.1) is 5.92 Å². The summed E-state index contributed by atoms with van der Waals surface area (Å²) in [6.45, 7) is 0. The first-order valence-electron chi connectivity index (χ1n) is 17.8. The smallest absolute Gasteiger partial charge is 0.296 e. The predicted molar refractivity (Wildman–Crippen MR) is 218 cm³/mol. The van der Waals surface area contributed by atoms with E-state index in [1.165, 1.54) is 48.5 Å². The minimum Gasteiger partial charge on any atom is -0.354 e. The number of Topliss-reactive ketones (excluding diaryl/α,β-unsaturated/α-hetero) is 2. The lowest BCUT2D eigenvalue weighted by molar-refractivity contribution is 0.0834. The number of sulfone groups is 1. The summed E-state index contributed by atoms with van der Waals surface area (Å²) < 4.78 is 133. The van der Waals surface area contributed by atoms with Gasteiger partial charge in [0.05, 0.1) is 49.5 Å². The van der Waals surface area contributed by atoms with E-state index in [1.807, 2.05) is 0 Å². The van der Waals surface area contributed by atoms with E-state index in [9.17, 15) is 71.3 Å². The lowest BCUT2D eigenvalue weighted by Crippen LogP contribution is -2.25. The fraction of sp³-hybridized carbons (Fsp3) is 0.0750. The van der Waals surface area contributed by atoms with Crippen LogP contribution in [0.1, 0.15) is 59.0 Å². The van der Waals surface area contributed by atoms with Crippen LogP contribution in [0.5, 0.6) is 0 Å². The highest BCUT2D eigenvalue weighted by Crippen LogP contribution is 2.46. The monoisotopic (exact) mass is 918 g/mol. The molecule has 6 aromatic rings. The maximum atomic E-state index is 14.5. The molecule has 0 aliphatic heterocycles. The molecule has 0 unspecified atom stereocenters. The highest BCUT2D eigenvalue weighted by molar-refractivity contribution is 7.91. The van der Waals surface area contributed by atoms with Crippen LogP contribution in [0.4, 0.5) is 11.4 Å². The van der Waals surface area contributed by atoms with Crippen molar-refractivity contribution < 1.29 is 66.5 Å². The zero-order valence-corrected chi connectivity index (χ0v) is 34.3. The minimum atomic E-state index is -5.41. The summed E-state index contributed by atoms with van der Waals surface area (Å²) in [6, 6.07) is 18.1. The van der Waals surface area contributed by atoms with Crippen molar-refractivity contribution in [3.05, 3.63) is 141 Å². The molecule has 0 bridgehead atoms. The van der Waals surface area contributed by atoms with Crippen LogP contribution < -0.4 is 10.9 Å². The Morgan fingerprint density at radius 1 is 0.597 bits per heavy atom. The second kappa shape index (κ2) is 14.5. The Bertz CT molecular complexity index is 3560. The number of carbonyl (C=O) groups excluding carboxylic acids is 4. The quantitative estimate of drug-likeness (QED) is 0.0685. The van der Waals surface area contributed by atoms with Gasteiger partial charge in [0, 0.05) is 33.2 Å². The van der Waals surface area contributed by atoms with Crippen molar-refractivity contribution >= 4 is 85.6 Å². The third kappa shape index (κ3) is 7.05. The van der Waals surface area contributed by atoms with Crippen molar-refractivity contribution in [2.75, 3.05) is 11.1 Å². The van der Waals surface area contributed by atoms with Gasteiger partial charge in [0.1, 0.15) is 9.79 Å². The highest BCUT2D eigenvalue weighted by Gasteiger charge is 2.40. The second-order valence-corrected chi connectivity index (χ2v) is 20.4. The van der Waals surface area contributed by atoms with E-state index in [4.69, 9.17) is 0 Å². The average Bonchev–Trinajstić information content (AvgIpc) is 3.45. The SMILES string of the molecule is O=C(c1cccc(S(=O)(=O)O)c1)c1c2c3c(c(Nc4cc(S(=O)(=O)CCC5C(=O)c6ccccc6C5=O)ccc4S(=O)(=O)O)cc(S(=O)(=O)O)c3[nH]c1=O)C(=O)c1ccccc1-2. The third-order valence-corrected chi connectivity index (χ3v) is 14.8. The largest absolute Gasteiger partial charge is 0.354 e. The number of ketones is 4. The molecule has 22 heteroatoms. The Balaban J connectivity index is 1.33. The number of H-pyrrole nitrogens is 1. The Morgan fingerprint density at radius 2 is 1.19 bits per heavy atom. The molecule has 0 radical (unpaired) electrons. The zero-order chi connectivity index (χ0) is 44.8. The maximum absolute atomic E-state index is 14.5. The van der Waals surface area contributed by atoms with Gasteiger partial charge in [0.2, 0.25) is 0 Å². The molecule has 316 valence electrons. The number of benzene rings is 5. The van der Waals surface area contributed by atoms with E-state index in [2.05, 4.69) is 10.3 Å². The molecular weight excluding hydrogens is 893 g/mol. The average molecular weight is 919 g/mol. The summed E-state index contributed by atoms with van der Waals surface area (Å²) in [5.41, 5.74) is -5.61. The number of hydrogen-bond donors (Lipinski definition) is 5. The van der Waals surface area contributed by atoms with Crippen molar-refractivity contribution in [3.63, 3.8) is 0 Å². The normalized spacial score (nSPS) is 14.2. The molecule has 2 aliphatic rings. The maximum Gasteiger partial charge on any atom is 0.296 e. The van der Waals surface area contributed by atoms with E-state index in [0.717, 1.165) is 36.4 Å². The van der Waals surface area contributed by atoms with Gasteiger partial charge in [-0.15, -0.1) is 0 Å². The predicted octanol–water partition coefficient (Wildman–Crippen LogP) is 4.31. The lowest BCUT2D eigenvalue weighted by Gasteiger charge is -2.25. The van der Waals surface area contributed by atoms with E-state index in [1.54, 1.807) is 0 Å². The van der Waals surface area contributed by atoms with Gasteiger partial charge in [-0.1, -0.05) is 60.7 Å².